The van der Waals surface area contributed by atoms with Gasteiger partial charge in [-0.15, -0.1) is 0 Å². The summed E-state index contributed by atoms with van der Waals surface area (Å²) in [6.07, 6.45) is 7.19. The van der Waals surface area contributed by atoms with Crippen molar-refractivity contribution >= 4 is 11.5 Å². The molecule has 2 bridgehead atoms. The van der Waals surface area contributed by atoms with Gasteiger partial charge in [0.25, 0.3) is 0 Å². The fourth-order valence-corrected chi connectivity index (χ4v) is 3.71. The lowest BCUT2D eigenvalue weighted by atomic mass is 9.76. The van der Waals surface area contributed by atoms with Crippen molar-refractivity contribution < 1.29 is 4.79 Å². The smallest absolute Gasteiger partial charge is 0.145 e. The van der Waals surface area contributed by atoms with Crippen LogP contribution in [0.1, 0.15) is 19.3 Å². The standard InChI is InChI=1S/C14H20N4O/c1-17-7-12(5-16-17)18-6-11-4-14(9-18,8-15-11)13(19)10-2-3-10/h5,7,10-11,15H,2-4,6,8-9H2,1H3. The Morgan fingerprint density at radius 2 is 2.37 bits per heavy atom. The highest BCUT2D eigenvalue weighted by Crippen LogP contribution is 2.44. The summed E-state index contributed by atoms with van der Waals surface area (Å²) in [7, 11) is 1.94. The molecule has 1 aliphatic carbocycles. The molecule has 2 aliphatic heterocycles. The average molecular weight is 260 g/mol. The number of anilines is 1. The van der Waals surface area contributed by atoms with E-state index in [0.29, 0.717) is 17.7 Å². The molecule has 0 aromatic carbocycles. The second-order valence-electron chi connectivity index (χ2n) is 6.45. The molecule has 3 fully saturated rings. The van der Waals surface area contributed by atoms with Gasteiger partial charge in [-0.25, -0.2) is 0 Å². The Morgan fingerprint density at radius 1 is 1.53 bits per heavy atom. The first-order valence-corrected chi connectivity index (χ1v) is 7.18. The first kappa shape index (κ1) is 11.5. The molecule has 0 radical (unpaired) electrons. The summed E-state index contributed by atoms with van der Waals surface area (Å²) in [6.45, 7) is 2.71. The molecule has 3 heterocycles. The first-order valence-electron chi connectivity index (χ1n) is 7.18. The van der Waals surface area contributed by atoms with E-state index in [1.165, 1.54) is 0 Å². The Kier molecular flexibility index (Phi) is 2.31. The Balaban J connectivity index is 1.61. The molecule has 5 nitrogen and oxygen atoms in total. The Labute approximate surface area is 113 Å². The van der Waals surface area contributed by atoms with Crippen LogP contribution in [0.3, 0.4) is 0 Å². The van der Waals surface area contributed by atoms with Crippen LogP contribution in [0.25, 0.3) is 0 Å². The van der Waals surface area contributed by atoms with E-state index < -0.39 is 0 Å². The van der Waals surface area contributed by atoms with Crippen molar-refractivity contribution in [2.24, 2.45) is 18.4 Å². The molecule has 1 aromatic rings. The molecule has 2 atom stereocenters. The second-order valence-corrected chi connectivity index (χ2v) is 6.45. The SMILES string of the molecule is Cn1cc(N2CC3CC(C(=O)C4CC4)(CN3)C2)cn1. The van der Waals surface area contributed by atoms with E-state index in [1.807, 2.05) is 24.1 Å². The van der Waals surface area contributed by atoms with Crippen molar-refractivity contribution in [2.45, 2.75) is 25.3 Å². The van der Waals surface area contributed by atoms with Crippen molar-refractivity contribution in [1.29, 1.82) is 0 Å². The molecular weight excluding hydrogens is 240 g/mol. The van der Waals surface area contributed by atoms with Crippen LogP contribution >= 0.6 is 0 Å². The zero-order valence-corrected chi connectivity index (χ0v) is 11.3. The van der Waals surface area contributed by atoms with Crippen LogP contribution in [0.5, 0.6) is 0 Å². The van der Waals surface area contributed by atoms with Crippen molar-refractivity contribution in [3.8, 4) is 0 Å². The van der Waals surface area contributed by atoms with Crippen LogP contribution in [0.4, 0.5) is 5.69 Å². The highest BCUT2D eigenvalue weighted by atomic mass is 16.1. The number of hydrogen-bond donors (Lipinski definition) is 1. The lowest BCUT2D eigenvalue weighted by molar-refractivity contribution is -0.129. The lowest BCUT2D eigenvalue weighted by Gasteiger charge is -2.39. The molecule has 2 saturated heterocycles. The summed E-state index contributed by atoms with van der Waals surface area (Å²) in [5.74, 6) is 0.866. The number of ketones is 1. The molecule has 0 amide bonds. The maximum absolute atomic E-state index is 12.6. The molecular formula is C14H20N4O. The third-order valence-electron chi connectivity index (χ3n) is 4.83. The number of aryl methyl sites for hydroxylation is 1. The van der Waals surface area contributed by atoms with E-state index in [2.05, 4.69) is 15.3 Å². The minimum absolute atomic E-state index is 0.139. The monoisotopic (exact) mass is 260 g/mol. The van der Waals surface area contributed by atoms with Gasteiger partial charge in [0, 0.05) is 44.8 Å². The Hall–Kier alpha value is -1.36. The molecule has 0 spiro atoms. The molecule has 19 heavy (non-hydrogen) atoms. The number of carbonyl (C=O) groups is 1. The Bertz CT molecular complexity index is 521. The second kappa shape index (κ2) is 3.82. The quantitative estimate of drug-likeness (QED) is 0.863. The van der Waals surface area contributed by atoms with Gasteiger partial charge < -0.3 is 10.2 Å². The van der Waals surface area contributed by atoms with Crippen LogP contribution < -0.4 is 10.2 Å². The number of Topliss-reactive ketones (excluding diaryl/α,β-unsaturated/α-hetero) is 1. The normalized spacial score (nSPS) is 33.7. The van der Waals surface area contributed by atoms with Crippen LogP contribution in [0.2, 0.25) is 0 Å². The summed E-state index contributed by atoms with van der Waals surface area (Å²) in [4.78, 5) is 15.0. The third kappa shape index (κ3) is 1.79. The molecule has 1 N–H and O–H groups in total. The lowest BCUT2D eigenvalue weighted by Crippen LogP contribution is -2.50. The minimum Gasteiger partial charge on any atom is -0.366 e. The number of fused-ring (bicyclic) bond motifs is 2. The fraction of sp³-hybridized carbons (Fsp3) is 0.714. The number of carbonyl (C=O) groups excluding carboxylic acids is 1. The Morgan fingerprint density at radius 3 is 3.05 bits per heavy atom. The van der Waals surface area contributed by atoms with E-state index in [-0.39, 0.29) is 5.41 Å². The van der Waals surface area contributed by atoms with E-state index in [1.54, 1.807) is 0 Å². The van der Waals surface area contributed by atoms with Crippen molar-refractivity contribution in [2.75, 3.05) is 24.5 Å². The summed E-state index contributed by atoms with van der Waals surface area (Å²) in [6, 6.07) is 0.455. The molecule has 1 aromatic heterocycles. The highest BCUT2D eigenvalue weighted by molar-refractivity contribution is 5.90. The molecule has 3 aliphatic rings. The predicted molar refractivity (Wildman–Crippen MR) is 72.0 cm³/mol. The van der Waals surface area contributed by atoms with Gasteiger partial charge >= 0.3 is 0 Å². The minimum atomic E-state index is -0.139. The number of aromatic nitrogens is 2. The maximum Gasteiger partial charge on any atom is 0.145 e. The first-order chi connectivity index (χ1) is 9.16. The summed E-state index contributed by atoms with van der Waals surface area (Å²) in [5.41, 5.74) is 1.00. The average Bonchev–Trinajstić information content (AvgIpc) is 3.10. The van der Waals surface area contributed by atoms with Crippen LogP contribution in [0.15, 0.2) is 12.4 Å². The van der Waals surface area contributed by atoms with Gasteiger partial charge in [0.15, 0.2) is 0 Å². The zero-order chi connectivity index (χ0) is 13.0. The van der Waals surface area contributed by atoms with E-state index in [0.717, 1.165) is 44.6 Å². The largest absolute Gasteiger partial charge is 0.366 e. The molecule has 2 unspecified atom stereocenters. The van der Waals surface area contributed by atoms with E-state index >= 15 is 0 Å². The van der Waals surface area contributed by atoms with Crippen molar-refractivity contribution in [1.82, 2.24) is 15.1 Å². The van der Waals surface area contributed by atoms with Gasteiger partial charge in [-0.1, -0.05) is 0 Å². The van der Waals surface area contributed by atoms with E-state index in [9.17, 15) is 4.79 Å². The van der Waals surface area contributed by atoms with Gasteiger partial charge in [0.1, 0.15) is 5.78 Å². The molecule has 5 heteroatoms. The van der Waals surface area contributed by atoms with Gasteiger partial charge in [-0.2, -0.15) is 5.10 Å². The number of nitrogens with one attached hydrogen (secondary N) is 1. The summed E-state index contributed by atoms with van der Waals surface area (Å²) >= 11 is 0. The van der Waals surface area contributed by atoms with Gasteiger partial charge in [0.2, 0.25) is 0 Å². The summed E-state index contributed by atoms with van der Waals surface area (Å²) in [5, 5.41) is 7.79. The van der Waals surface area contributed by atoms with Gasteiger partial charge in [-0.05, 0) is 19.3 Å². The van der Waals surface area contributed by atoms with Gasteiger partial charge in [-0.3, -0.25) is 9.48 Å². The zero-order valence-electron chi connectivity index (χ0n) is 11.3. The maximum atomic E-state index is 12.6. The third-order valence-corrected chi connectivity index (χ3v) is 4.83. The molecule has 4 rings (SSSR count). The summed E-state index contributed by atoms with van der Waals surface area (Å²) < 4.78 is 1.83. The molecule has 102 valence electrons. The topological polar surface area (TPSA) is 50.2 Å². The van der Waals surface area contributed by atoms with Crippen molar-refractivity contribution in [3.63, 3.8) is 0 Å². The van der Waals surface area contributed by atoms with Crippen LogP contribution in [0, 0.1) is 11.3 Å². The number of hydrogen-bond acceptors (Lipinski definition) is 4. The number of nitrogens with zero attached hydrogens (tertiary/aromatic N) is 3. The van der Waals surface area contributed by atoms with Crippen LogP contribution in [-0.2, 0) is 11.8 Å². The predicted octanol–water partition coefficient (Wildman–Crippen LogP) is 0.567. The van der Waals surface area contributed by atoms with E-state index in [4.69, 9.17) is 0 Å². The van der Waals surface area contributed by atoms with Crippen LogP contribution in [-0.4, -0.2) is 41.2 Å². The number of rotatable bonds is 3. The highest BCUT2D eigenvalue weighted by Gasteiger charge is 2.53. The molecule has 1 saturated carbocycles. The van der Waals surface area contributed by atoms with Crippen molar-refractivity contribution in [3.05, 3.63) is 12.4 Å². The fourth-order valence-electron chi connectivity index (χ4n) is 3.71. The van der Waals surface area contributed by atoms with Gasteiger partial charge in [0.05, 0.1) is 17.3 Å². The number of piperidine rings is 1.